The van der Waals surface area contributed by atoms with Crippen LogP contribution in [0.15, 0.2) is 12.2 Å². The number of carbonyl (C=O) groups excluding carboxylic acids is 2. The number of ketones is 1. The molecule has 0 radical (unpaired) electrons. The van der Waals surface area contributed by atoms with Crippen LogP contribution in [0.4, 0.5) is 0 Å². The average Bonchev–Trinajstić information content (AvgIpc) is 1.64. The zero-order valence-corrected chi connectivity index (χ0v) is 4.60. The van der Waals surface area contributed by atoms with Gasteiger partial charge in [0.05, 0.1) is 5.57 Å². The second kappa shape index (κ2) is 2.26. The second-order valence-electron chi connectivity index (χ2n) is 1.40. The van der Waals surface area contributed by atoms with Crippen molar-refractivity contribution in [3.8, 4) is 0 Å². The van der Waals surface area contributed by atoms with E-state index in [1.54, 1.807) is 0 Å². The Labute approximate surface area is 47.2 Å². The maximum Gasteiger partial charge on any atom is 0.251 e. The minimum atomic E-state index is -0.752. The Balaban J connectivity index is 4.05. The summed E-state index contributed by atoms with van der Waals surface area (Å²) in [6.07, 6.45) is 0. The highest BCUT2D eigenvalue weighted by molar-refractivity contribution is 6.17. The van der Waals surface area contributed by atoms with E-state index in [0.29, 0.717) is 0 Å². The fraction of sp³-hybridized carbons (Fsp3) is 0.200. The molecule has 0 atom stereocenters. The van der Waals surface area contributed by atoms with Crippen molar-refractivity contribution in [2.75, 3.05) is 0 Å². The molecule has 0 unspecified atom stereocenters. The highest BCUT2D eigenvalue weighted by Crippen LogP contribution is 1.86. The smallest absolute Gasteiger partial charge is 0.251 e. The highest BCUT2D eigenvalue weighted by atomic mass is 16.2. The zero-order chi connectivity index (χ0) is 6.73. The number of primary amides is 1. The van der Waals surface area contributed by atoms with E-state index in [1.807, 2.05) is 0 Å². The van der Waals surface area contributed by atoms with Crippen molar-refractivity contribution in [1.82, 2.24) is 0 Å². The van der Waals surface area contributed by atoms with Gasteiger partial charge in [0.2, 0.25) is 0 Å². The van der Waals surface area contributed by atoms with Gasteiger partial charge < -0.3 is 5.73 Å². The summed E-state index contributed by atoms with van der Waals surface area (Å²) in [5.41, 5.74) is 4.53. The lowest BCUT2D eigenvalue weighted by molar-refractivity contribution is -0.119. The summed E-state index contributed by atoms with van der Waals surface area (Å²) in [6.45, 7) is 4.37. The topological polar surface area (TPSA) is 60.2 Å². The molecule has 0 saturated carbocycles. The van der Waals surface area contributed by atoms with Crippen LogP contribution >= 0.6 is 0 Å². The van der Waals surface area contributed by atoms with Gasteiger partial charge in [0, 0.05) is 0 Å². The van der Waals surface area contributed by atoms with Crippen molar-refractivity contribution in [3.05, 3.63) is 12.2 Å². The van der Waals surface area contributed by atoms with Gasteiger partial charge in [-0.25, -0.2) is 0 Å². The van der Waals surface area contributed by atoms with Crippen LogP contribution in [0.3, 0.4) is 0 Å². The maximum atomic E-state index is 10.2. The van der Waals surface area contributed by atoms with Crippen molar-refractivity contribution in [2.45, 2.75) is 6.92 Å². The number of carbonyl (C=O) groups is 2. The standard InChI is InChI=1S/C5H7NO2/c1-3(4(2)7)5(6)8/h1H2,2H3,(H2,6,8). The number of nitrogens with two attached hydrogens (primary N) is 1. The van der Waals surface area contributed by atoms with Gasteiger partial charge in [-0.3, -0.25) is 9.59 Å². The fourth-order valence-corrected chi connectivity index (χ4v) is 0.173. The Morgan fingerprint density at radius 3 is 1.88 bits per heavy atom. The summed E-state index contributed by atoms with van der Waals surface area (Å²) < 4.78 is 0. The number of amides is 1. The van der Waals surface area contributed by atoms with Crippen LogP contribution in [-0.4, -0.2) is 11.7 Å². The van der Waals surface area contributed by atoms with Gasteiger partial charge in [-0.05, 0) is 6.92 Å². The third kappa shape index (κ3) is 1.55. The first kappa shape index (κ1) is 6.88. The zero-order valence-electron chi connectivity index (χ0n) is 4.60. The third-order valence-corrected chi connectivity index (χ3v) is 0.722. The number of hydrogen-bond donors (Lipinski definition) is 1. The monoisotopic (exact) mass is 113 g/mol. The summed E-state index contributed by atoms with van der Waals surface area (Å²) in [5, 5.41) is 0. The molecule has 0 aliphatic rings. The van der Waals surface area contributed by atoms with Gasteiger partial charge in [0.25, 0.3) is 5.91 Å². The third-order valence-electron chi connectivity index (χ3n) is 0.722. The fourth-order valence-electron chi connectivity index (χ4n) is 0.173. The first-order chi connectivity index (χ1) is 3.55. The van der Waals surface area contributed by atoms with Crippen LogP contribution in [0.5, 0.6) is 0 Å². The number of hydrogen-bond acceptors (Lipinski definition) is 2. The summed E-state index contributed by atoms with van der Waals surface area (Å²) in [5.74, 6) is -1.13. The first-order valence-corrected chi connectivity index (χ1v) is 2.05. The molecule has 0 fully saturated rings. The largest absolute Gasteiger partial charge is 0.366 e. The van der Waals surface area contributed by atoms with E-state index in [1.165, 1.54) is 6.92 Å². The molecule has 0 aromatic rings. The molecule has 0 spiro atoms. The predicted octanol–water partition coefficient (Wildman–Crippen LogP) is -0.383. The molecule has 0 bridgehead atoms. The van der Waals surface area contributed by atoms with Crippen molar-refractivity contribution in [1.29, 1.82) is 0 Å². The Bertz CT molecular complexity index is 133. The molecule has 44 valence electrons. The maximum absolute atomic E-state index is 10.2. The molecule has 3 heteroatoms. The van der Waals surface area contributed by atoms with E-state index >= 15 is 0 Å². The molecule has 0 rings (SSSR count). The van der Waals surface area contributed by atoms with E-state index in [0.717, 1.165) is 0 Å². The average molecular weight is 113 g/mol. The van der Waals surface area contributed by atoms with Crippen LogP contribution in [-0.2, 0) is 9.59 Å². The van der Waals surface area contributed by atoms with Gasteiger partial charge in [0.15, 0.2) is 5.78 Å². The number of rotatable bonds is 2. The molecule has 0 aliphatic carbocycles. The lowest BCUT2D eigenvalue weighted by atomic mass is 10.2. The molecule has 8 heavy (non-hydrogen) atoms. The van der Waals surface area contributed by atoms with Crippen molar-refractivity contribution >= 4 is 11.7 Å². The van der Waals surface area contributed by atoms with Crippen molar-refractivity contribution in [2.24, 2.45) is 5.73 Å². The van der Waals surface area contributed by atoms with Gasteiger partial charge in [-0.2, -0.15) is 0 Å². The van der Waals surface area contributed by atoms with E-state index in [9.17, 15) is 9.59 Å². The summed E-state index contributed by atoms with van der Waals surface area (Å²) in [4.78, 5) is 20.2. The van der Waals surface area contributed by atoms with Crippen molar-refractivity contribution in [3.63, 3.8) is 0 Å². The summed E-state index contributed by atoms with van der Waals surface area (Å²) in [7, 11) is 0. The molecule has 0 saturated heterocycles. The molecular weight excluding hydrogens is 106 g/mol. The Morgan fingerprint density at radius 2 is 1.88 bits per heavy atom. The van der Waals surface area contributed by atoms with Crippen LogP contribution in [0.2, 0.25) is 0 Å². The lowest BCUT2D eigenvalue weighted by Gasteiger charge is -1.88. The quantitative estimate of drug-likeness (QED) is 0.301. The van der Waals surface area contributed by atoms with E-state index in [2.05, 4.69) is 12.3 Å². The van der Waals surface area contributed by atoms with Crippen LogP contribution in [0.1, 0.15) is 6.92 Å². The molecule has 2 N–H and O–H groups in total. The molecular formula is C5H7NO2. The highest BCUT2D eigenvalue weighted by Gasteiger charge is 2.04. The molecule has 1 amide bonds. The first-order valence-electron chi connectivity index (χ1n) is 2.05. The molecule has 0 aromatic heterocycles. The predicted molar refractivity (Wildman–Crippen MR) is 29.0 cm³/mol. The van der Waals surface area contributed by atoms with Crippen LogP contribution in [0, 0.1) is 0 Å². The lowest BCUT2D eigenvalue weighted by Crippen LogP contribution is -2.17. The second-order valence-corrected chi connectivity index (χ2v) is 1.40. The summed E-state index contributed by atoms with van der Waals surface area (Å²) in [6, 6.07) is 0. The Hall–Kier alpha value is -1.12. The van der Waals surface area contributed by atoms with Gasteiger partial charge >= 0.3 is 0 Å². The van der Waals surface area contributed by atoms with Gasteiger partial charge in [-0.1, -0.05) is 6.58 Å². The van der Waals surface area contributed by atoms with Crippen molar-refractivity contribution < 1.29 is 9.59 Å². The van der Waals surface area contributed by atoms with Gasteiger partial charge in [0.1, 0.15) is 0 Å². The normalized spacial score (nSPS) is 8.12. The Kier molecular flexibility index (Phi) is 1.94. The SMILES string of the molecule is C=C(C(C)=O)C(N)=O. The van der Waals surface area contributed by atoms with E-state index < -0.39 is 5.91 Å². The minimum absolute atomic E-state index is 0.148. The van der Waals surface area contributed by atoms with E-state index in [-0.39, 0.29) is 11.4 Å². The minimum Gasteiger partial charge on any atom is -0.366 e. The number of Topliss-reactive ketones (excluding diaryl/α,β-unsaturated/α-hetero) is 1. The van der Waals surface area contributed by atoms with Crippen LogP contribution in [0.25, 0.3) is 0 Å². The van der Waals surface area contributed by atoms with E-state index in [4.69, 9.17) is 0 Å². The summed E-state index contributed by atoms with van der Waals surface area (Å²) >= 11 is 0. The van der Waals surface area contributed by atoms with Crippen LogP contribution < -0.4 is 5.73 Å². The molecule has 0 heterocycles. The molecule has 3 nitrogen and oxygen atoms in total. The van der Waals surface area contributed by atoms with Gasteiger partial charge in [-0.15, -0.1) is 0 Å². The molecule has 0 aromatic carbocycles. The Morgan fingerprint density at radius 1 is 1.50 bits per heavy atom. The molecule has 0 aliphatic heterocycles.